The van der Waals surface area contributed by atoms with Crippen molar-refractivity contribution in [3.8, 4) is 17.2 Å². The number of hydrogen-bond acceptors (Lipinski definition) is 7. The molecule has 0 atom stereocenters. The van der Waals surface area contributed by atoms with Gasteiger partial charge in [0.1, 0.15) is 18.2 Å². The fourth-order valence-electron chi connectivity index (χ4n) is 3.26. The van der Waals surface area contributed by atoms with Gasteiger partial charge in [-0.05, 0) is 78.0 Å². The number of nitrogens with zero attached hydrogens (tertiary/aromatic N) is 1. The zero-order valence-corrected chi connectivity index (χ0v) is 20.5. The maximum atomic E-state index is 13.4. The van der Waals surface area contributed by atoms with Gasteiger partial charge in [0.25, 0.3) is 11.1 Å². The maximum absolute atomic E-state index is 13.4. The van der Waals surface area contributed by atoms with Crippen molar-refractivity contribution in [1.29, 1.82) is 0 Å². The third-order valence-electron chi connectivity index (χ3n) is 5.02. The van der Waals surface area contributed by atoms with E-state index in [1.54, 1.807) is 42.5 Å². The molecule has 0 spiro atoms. The summed E-state index contributed by atoms with van der Waals surface area (Å²) in [5, 5.41) is 0.173. The highest BCUT2D eigenvalue weighted by molar-refractivity contribution is 8.18. The van der Waals surface area contributed by atoms with Crippen LogP contribution in [0.5, 0.6) is 17.2 Å². The van der Waals surface area contributed by atoms with Crippen molar-refractivity contribution in [1.82, 2.24) is 4.90 Å². The highest BCUT2D eigenvalue weighted by atomic mass is 35.5. The van der Waals surface area contributed by atoms with Gasteiger partial charge in [0.2, 0.25) is 0 Å². The van der Waals surface area contributed by atoms with Crippen LogP contribution in [-0.2, 0) is 4.79 Å². The zero-order chi connectivity index (χ0) is 25.7. The van der Waals surface area contributed by atoms with Gasteiger partial charge in [0, 0.05) is 5.02 Å². The Bertz CT molecular complexity index is 1340. The molecule has 1 fully saturated rings. The molecule has 184 valence electrons. The molecular formula is C26H19ClFNO6S. The van der Waals surface area contributed by atoms with Crippen molar-refractivity contribution >= 4 is 46.6 Å². The first-order valence-corrected chi connectivity index (χ1v) is 11.8. The Morgan fingerprint density at radius 1 is 1.06 bits per heavy atom. The van der Waals surface area contributed by atoms with Crippen LogP contribution in [0.4, 0.5) is 9.18 Å². The molecule has 2 amide bonds. The number of methoxy groups -OCH3 is 1. The van der Waals surface area contributed by atoms with E-state index >= 15 is 0 Å². The van der Waals surface area contributed by atoms with E-state index in [-0.39, 0.29) is 35.1 Å². The average Bonchev–Trinajstić information content (AvgIpc) is 3.13. The van der Waals surface area contributed by atoms with E-state index in [0.29, 0.717) is 16.3 Å². The number of halogens is 2. The van der Waals surface area contributed by atoms with Crippen LogP contribution in [0.3, 0.4) is 0 Å². The second-order valence-electron chi connectivity index (χ2n) is 7.45. The molecule has 1 aliphatic heterocycles. The molecule has 36 heavy (non-hydrogen) atoms. The first kappa shape index (κ1) is 25.3. The monoisotopic (exact) mass is 527 g/mol. The molecule has 0 bridgehead atoms. The minimum atomic E-state index is -0.748. The summed E-state index contributed by atoms with van der Waals surface area (Å²) in [5.74, 6) is -0.822. The number of imide groups is 1. The van der Waals surface area contributed by atoms with Gasteiger partial charge >= 0.3 is 5.97 Å². The standard InChI is InChI=1S/C26H19ClFNO6S/c1-33-22-13-16(5-10-21(22)35-25(31)17-3-2-4-19(28)15-17)14-23-24(30)29(26(32)36-23)11-12-34-20-8-6-18(27)7-9-20/h2-10,13-15H,11-12H2,1H3/b23-14-. The molecule has 0 aliphatic carbocycles. The third-order valence-corrected chi connectivity index (χ3v) is 6.18. The first-order valence-electron chi connectivity index (χ1n) is 10.6. The Morgan fingerprint density at radius 2 is 1.83 bits per heavy atom. The van der Waals surface area contributed by atoms with Crippen LogP contribution in [0.15, 0.2) is 71.6 Å². The number of esters is 1. The fourth-order valence-corrected chi connectivity index (χ4v) is 4.25. The molecule has 0 unspecified atom stereocenters. The Hall–Kier alpha value is -3.82. The molecule has 0 saturated carbocycles. The van der Waals surface area contributed by atoms with Gasteiger partial charge < -0.3 is 14.2 Å². The quantitative estimate of drug-likeness (QED) is 0.207. The topological polar surface area (TPSA) is 82.1 Å². The molecular weight excluding hydrogens is 509 g/mol. The minimum Gasteiger partial charge on any atom is -0.493 e. The largest absolute Gasteiger partial charge is 0.493 e. The van der Waals surface area contributed by atoms with Crippen LogP contribution in [0, 0.1) is 5.82 Å². The molecule has 10 heteroatoms. The number of thioether (sulfide) groups is 1. The Morgan fingerprint density at radius 3 is 2.56 bits per heavy atom. The van der Waals surface area contributed by atoms with Crippen LogP contribution >= 0.6 is 23.4 Å². The molecule has 1 heterocycles. The minimum absolute atomic E-state index is 0.0508. The molecule has 1 saturated heterocycles. The van der Waals surface area contributed by atoms with Crippen LogP contribution < -0.4 is 14.2 Å². The number of carbonyl (C=O) groups is 3. The lowest BCUT2D eigenvalue weighted by molar-refractivity contribution is -0.123. The summed E-state index contributed by atoms with van der Waals surface area (Å²) in [5.41, 5.74) is 0.607. The zero-order valence-electron chi connectivity index (χ0n) is 18.9. The lowest BCUT2D eigenvalue weighted by Gasteiger charge is -2.13. The fraction of sp³-hybridized carbons (Fsp3) is 0.115. The molecule has 0 aromatic heterocycles. The van der Waals surface area contributed by atoms with Crippen molar-refractivity contribution in [3.05, 3.63) is 93.6 Å². The molecule has 7 nitrogen and oxygen atoms in total. The van der Waals surface area contributed by atoms with Crippen molar-refractivity contribution in [2.24, 2.45) is 0 Å². The number of amides is 2. The highest BCUT2D eigenvalue weighted by Crippen LogP contribution is 2.34. The van der Waals surface area contributed by atoms with Gasteiger partial charge in [-0.3, -0.25) is 14.5 Å². The van der Waals surface area contributed by atoms with Crippen molar-refractivity contribution in [2.45, 2.75) is 0 Å². The van der Waals surface area contributed by atoms with E-state index < -0.39 is 22.9 Å². The summed E-state index contributed by atoms with van der Waals surface area (Å²) >= 11 is 6.66. The number of ether oxygens (including phenoxy) is 3. The van der Waals surface area contributed by atoms with Crippen LogP contribution in [0.25, 0.3) is 6.08 Å². The molecule has 0 radical (unpaired) electrons. The highest BCUT2D eigenvalue weighted by Gasteiger charge is 2.34. The van der Waals surface area contributed by atoms with E-state index in [1.807, 2.05) is 0 Å². The number of benzene rings is 3. The average molecular weight is 528 g/mol. The molecule has 3 aromatic carbocycles. The Balaban J connectivity index is 1.42. The van der Waals surface area contributed by atoms with Crippen LogP contribution in [-0.4, -0.2) is 42.3 Å². The molecule has 3 aromatic rings. The van der Waals surface area contributed by atoms with Gasteiger partial charge in [-0.15, -0.1) is 0 Å². The summed E-state index contributed by atoms with van der Waals surface area (Å²) in [7, 11) is 1.40. The lowest BCUT2D eigenvalue weighted by Crippen LogP contribution is -2.32. The van der Waals surface area contributed by atoms with E-state index in [0.717, 1.165) is 22.7 Å². The maximum Gasteiger partial charge on any atom is 0.343 e. The Labute approximate surface area is 215 Å². The second kappa shape index (κ2) is 11.3. The molecule has 1 aliphatic rings. The van der Waals surface area contributed by atoms with Gasteiger partial charge in [0.15, 0.2) is 11.5 Å². The summed E-state index contributed by atoms with van der Waals surface area (Å²) in [6.07, 6.45) is 1.55. The number of carbonyl (C=O) groups excluding carboxylic acids is 3. The summed E-state index contributed by atoms with van der Waals surface area (Å²) in [6, 6.07) is 16.5. The van der Waals surface area contributed by atoms with E-state index in [1.165, 1.54) is 31.4 Å². The second-order valence-corrected chi connectivity index (χ2v) is 8.88. The van der Waals surface area contributed by atoms with Gasteiger partial charge in [-0.2, -0.15) is 0 Å². The summed E-state index contributed by atoms with van der Waals surface area (Å²) in [6.45, 7) is 0.217. The third kappa shape index (κ3) is 6.05. The van der Waals surface area contributed by atoms with Crippen molar-refractivity contribution in [2.75, 3.05) is 20.3 Å². The van der Waals surface area contributed by atoms with Gasteiger partial charge in [-0.1, -0.05) is 23.7 Å². The van der Waals surface area contributed by atoms with E-state index in [9.17, 15) is 18.8 Å². The normalized spacial score (nSPS) is 14.3. The van der Waals surface area contributed by atoms with E-state index in [4.69, 9.17) is 25.8 Å². The number of rotatable bonds is 8. The van der Waals surface area contributed by atoms with Gasteiger partial charge in [0.05, 0.1) is 24.1 Å². The van der Waals surface area contributed by atoms with Gasteiger partial charge in [-0.25, -0.2) is 9.18 Å². The smallest absolute Gasteiger partial charge is 0.343 e. The lowest BCUT2D eigenvalue weighted by atomic mass is 10.1. The van der Waals surface area contributed by atoms with E-state index in [2.05, 4.69) is 0 Å². The number of hydrogen-bond donors (Lipinski definition) is 0. The van der Waals surface area contributed by atoms with Crippen molar-refractivity contribution < 1.29 is 33.0 Å². The Kier molecular flexibility index (Phi) is 7.92. The first-order chi connectivity index (χ1) is 17.3. The van der Waals surface area contributed by atoms with Crippen LogP contribution in [0.1, 0.15) is 15.9 Å². The SMILES string of the molecule is COc1cc(/C=C2\SC(=O)N(CCOc3ccc(Cl)cc3)C2=O)ccc1OC(=O)c1cccc(F)c1. The van der Waals surface area contributed by atoms with Crippen LogP contribution in [0.2, 0.25) is 5.02 Å². The predicted octanol–water partition coefficient (Wildman–Crippen LogP) is 5.82. The molecule has 0 N–H and O–H groups in total. The summed E-state index contributed by atoms with van der Waals surface area (Å²) in [4.78, 5) is 38.8. The molecule has 4 rings (SSSR count). The predicted molar refractivity (Wildman–Crippen MR) is 134 cm³/mol. The van der Waals surface area contributed by atoms with Crippen molar-refractivity contribution in [3.63, 3.8) is 0 Å². The summed E-state index contributed by atoms with van der Waals surface area (Å²) < 4.78 is 29.6.